The normalized spacial score (nSPS) is 12.3. The van der Waals surface area contributed by atoms with Gasteiger partial charge in [0.15, 0.2) is 0 Å². The zero-order valence-corrected chi connectivity index (χ0v) is 10.1. The molecule has 4 heteroatoms. The molecule has 1 unspecified atom stereocenters. The zero-order valence-electron chi connectivity index (χ0n) is 9.26. The monoisotopic (exact) mass is 233 g/mol. The van der Waals surface area contributed by atoms with E-state index >= 15 is 0 Å². The summed E-state index contributed by atoms with van der Waals surface area (Å²) in [5.41, 5.74) is 1.39. The Bertz CT molecular complexity index is 399. The molecule has 1 N–H and O–H groups in total. The molecule has 1 aromatic carbocycles. The van der Waals surface area contributed by atoms with Crippen molar-refractivity contribution in [1.29, 1.82) is 0 Å². The van der Waals surface area contributed by atoms with Gasteiger partial charge in [-0.3, -0.25) is 0 Å². The molecule has 0 spiro atoms. The van der Waals surface area contributed by atoms with Gasteiger partial charge < -0.3 is 5.32 Å². The fourth-order valence-corrected chi connectivity index (χ4v) is 2.10. The van der Waals surface area contributed by atoms with Gasteiger partial charge in [-0.1, -0.05) is 34.8 Å². The number of rotatable bonds is 5. The van der Waals surface area contributed by atoms with E-state index in [1.165, 1.54) is 17.1 Å². The molecule has 0 saturated heterocycles. The van der Waals surface area contributed by atoms with Gasteiger partial charge in [0.2, 0.25) is 0 Å². The van der Waals surface area contributed by atoms with Gasteiger partial charge in [0, 0.05) is 17.6 Å². The minimum atomic E-state index is 0.447. The van der Waals surface area contributed by atoms with Crippen molar-refractivity contribution in [2.24, 2.45) is 0 Å². The lowest BCUT2D eigenvalue weighted by Crippen LogP contribution is -2.15. The lowest BCUT2D eigenvalue weighted by atomic mass is 10.1. The summed E-state index contributed by atoms with van der Waals surface area (Å²) in [5, 5.41) is 8.23. The van der Waals surface area contributed by atoms with E-state index in [-0.39, 0.29) is 0 Å². The molecule has 0 saturated carbocycles. The lowest BCUT2D eigenvalue weighted by Gasteiger charge is -2.12. The van der Waals surface area contributed by atoms with Crippen LogP contribution in [0.25, 0.3) is 0 Å². The van der Waals surface area contributed by atoms with Gasteiger partial charge in [-0.2, -0.15) is 0 Å². The molecule has 2 rings (SSSR count). The van der Waals surface area contributed by atoms with Crippen molar-refractivity contribution >= 4 is 16.5 Å². The predicted octanol–water partition coefficient (Wildman–Crippen LogP) is 2.97. The quantitative estimate of drug-likeness (QED) is 0.862. The van der Waals surface area contributed by atoms with Crippen LogP contribution in [-0.2, 0) is 6.42 Å². The zero-order chi connectivity index (χ0) is 11.2. The van der Waals surface area contributed by atoms with E-state index in [9.17, 15) is 0 Å². The van der Waals surface area contributed by atoms with Gasteiger partial charge in [0.05, 0.1) is 6.20 Å². The van der Waals surface area contributed by atoms with Gasteiger partial charge in [0.25, 0.3) is 0 Å². The smallest absolute Gasteiger partial charge is 0.130 e. The van der Waals surface area contributed by atoms with Crippen molar-refractivity contribution in [1.82, 2.24) is 9.59 Å². The molecule has 0 fully saturated rings. The van der Waals surface area contributed by atoms with Gasteiger partial charge in [-0.25, -0.2) is 0 Å². The van der Waals surface area contributed by atoms with E-state index in [0.717, 1.165) is 17.8 Å². The number of hydrogen-bond acceptors (Lipinski definition) is 4. The van der Waals surface area contributed by atoms with E-state index in [4.69, 9.17) is 0 Å². The van der Waals surface area contributed by atoms with Crippen LogP contribution in [0.3, 0.4) is 0 Å². The average Bonchev–Trinajstić information content (AvgIpc) is 2.81. The van der Waals surface area contributed by atoms with E-state index in [1.807, 2.05) is 6.07 Å². The Morgan fingerprint density at radius 2 is 2.12 bits per heavy atom. The van der Waals surface area contributed by atoms with Crippen LogP contribution in [0, 0.1) is 0 Å². The maximum atomic E-state index is 3.82. The molecule has 0 radical (unpaired) electrons. The number of anilines is 1. The van der Waals surface area contributed by atoms with Crippen LogP contribution < -0.4 is 5.32 Å². The maximum Gasteiger partial charge on any atom is 0.130 e. The molecule has 16 heavy (non-hydrogen) atoms. The maximum absolute atomic E-state index is 3.82. The first-order valence-corrected chi connectivity index (χ1v) is 6.20. The largest absolute Gasteiger partial charge is 0.372 e. The Labute approximate surface area is 99.7 Å². The first kappa shape index (κ1) is 11.1. The molecule has 0 aliphatic heterocycles. The number of hydrogen-bond donors (Lipinski definition) is 1. The summed E-state index contributed by atoms with van der Waals surface area (Å²) in [6.45, 7) is 2.18. The molecular formula is C12H15N3S. The van der Waals surface area contributed by atoms with Crippen molar-refractivity contribution in [2.75, 3.05) is 5.32 Å². The summed E-state index contributed by atoms with van der Waals surface area (Å²) in [5.74, 6) is 0. The van der Waals surface area contributed by atoms with Crippen molar-refractivity contribution in [3.8, 4) is 0 Å². The summed E-state index contributed by atoms with van der Waals surface area (Å²) in [4.78, 5) is 0. The third-order valence-electron chi connectivity index (χ3n) is 2.46. The highest BCUT2D eigenvalue weighted by atomic mass is 32.1. The molecule has 0 amide bonds. The molecule has 3 nitrogen and oxygen atoms in total. The Kier molecular flexibility index (Phi) is 3.88. The van der Waals surface area contributed by atoms with Crippen LogP contribution in [0.15, 0.2) is 36.5 Å². The number of aromatic nitrogens is 2. The highest BCUT2D eigenvalue weighted by Gasteiger charge is 2.03. The van der Waals surface area contributed by atoms with Crippen LogP contribution in [-0.4, -0.2) is 15.6 Å². The van der Waals surface area contributed by atoms with Crippen molar-refractivity contribution in [2.45, 2.75) is 25.8 Å². The minimum absolute atomic E-state index is 0.447. The molecule has 84 valence electrons. The molecule has 0 bridgehead atoms. The second kappa shape index (κ2) is 5.61. The summed E-state index contributed by atoms with van der Waals surface area (Å²) in [6.07, 6.45) is 3.98. The second-order valence-corrected chi connectivity index (χ2v) is 4.64. The summed E-state index contributed by atoms with van der Waals surface area (Å²) in [6, 6.07) is 11.0. The second-order valence-electron chi connectivity index (χ2n) is 3.85. The van der Waals surface area contributed by atoms with Gasteiger partial charge in [0.1, 0.15) is 5.00 Å². The van der Waals surface area contributed by atoms with Crippen LogP contribution in [0.1, 0.15) is 18.9 Å². The molecule has 0 aliphatic rings. The molecule has 0 aliphatic carbocycles. The SMILES string of the molecule is CC(CCc1ccccc1)Nc1cnns1. The molecule has 1 aromatic heterocycles. The fourth-order valence-electron chi connectivity index (χ4n) is 1.57. The summed E-state index contributed by atoms with van der Waals surface area (Å²) in [7, 11) is 0. The van der Waals surface area contributed by atoms with E-state index < -0.39 is 0 Å². The number of aryl methyl sites for hydroxylation is 1. The molecule has 2 aromatic rings. The van der Waals surface area contributed by atoms with Crippen LogP contribution in [0.2, 0.25) is 0 Å². The standard InChI is InChI=1S/C12H15N3S/c1-10(14-12-9-13-15-16-12)7-8-11-5-3-2-4-6-11/h2-6,9-10,14H,7-8H2,1H3. The number of nitrogens with zero attached hydrogens (tertiary/aromatic N) is 2. The Morgan fingerprint density at radius 3 is 2.81 bits per heavy atom. The summed E-state index contributed by atoms with van der Waals surface area (Å²) < 4.78 is 3.82. The first-order chi connectivity index (χ1) is 7.84. The number of benzene rings is 1. The first-order valence-electron chi connectivity index (χ1n) is 5.42. The lowest BCUT2D eigenvalue weighted by molar-refractivity contribution is 0.708. The third-order valence-corrected chi connectivity index (χ3v) is 3.05. The van der Waals surface area contributed by atoms with E-state index in [2.05, 4.69) is 46.1 Å². The van der Waals surface area contributed by atoms with Crippen LogP contribution in [0.5, 0.6) is 0 Å². The summed E-state index contributed by atoms with van der Waals surface area (Å²) >= 11 is 1.40. The topological polar surface area (TPSA) is 37.8 Å². The Balaban J connectivity index is 1.78. The van der Waals surface area contributed by atoms with Gasteiger partial charge in [-0.05, 0) is 25.3 Å². The average molecular weight is 233 g/mol. The Hall–Kier alpha value is -1.42. The molecular weight excluding hydrogens is 218 g/mol. The van der Waals surface area contributed by atoms with Crippen LogP contribution >= 0.6 is 11.5 Å². The van der Waals surface area contributed by atoms with Gasteiger partial charge >= 0.3 is 0 Å². The van der Waals surface area contributed by atoms with Crippen molar-refractivity contribution in [3.05, 3.63) is 42.1 Å². The van der Waals surface area contributed by atoms with E-state index in [0.29, 0.717) is 6.04 Å². The Morgan fingerprint density at radius 1 is 1.31 bits per heavy atom. The van der Waals surface area contributed by atoms with E-state index in [1.54, 1.807) is 6.20 Å². The highest BCUT2D eigenvalue weighted by molar-refractivity contribution is 7.09. The minimum Gasteiger partial charge on any atom is -0.372 e. The van der Waals surface area contributed by atoms with Gasteiger partial charge in [-0.15, -0.1) is 5.10 Å². The van der Waals surface area contributed by atoms with Crippen LogP contribution in [0.4, 0.5) is 5.00 Å². The fraction of sp³-hybridized carbons (Fsp3) is 0.333. The predicted molar refractivity (Wildman–Crippen MR) is 67.8 cm³/mol. The molecule has 1 heterocycles. The molecule has 1 atom stereocenters. The third kappa shape index (κ3) is 3.31. The van der Waals surface area contributed by atoms with Crippen molar-refractivity contribution < 1.29 is 0 Å². The number of nitrogens with one attached hydrogen (secondary N) is 1. The van der Waals surface area contributed by atoms with Crippen molar-refractivity contribution in [3.63, 3.8) is 0 Å². The highest BCUT2D eigenvalue weighted by Crippen LogP contribution is 2.13.